The second-order valence-electron chi connectivity index (χ2n) is 7.10. The van der Waals surface area contributed by atoms with E-state index in [4.69, 9.17) is 4.74 Å². The van der Waals surface area contributed by atoms with Crippen LogP contribution in [0.15, 0.2) is 23.3 Å². The van der Waals surface area contributed by atoms with E-state index in [1.54, 1.807) is 13.0 Å². The normalized spacial score (nSPS) is 20.2. The number of nitrogens with zero attached hydrogens (tertiary/aromatic N) is 2. The zero-order chi connectivity index (χ0) is 20.4. The van der Waals surface area contributed by atoms with Crippen molar-refractivity contribution in [1.82, 2.24) is 5.01 Å². The number of rotatable bonds is 6. The van der Waals surface area contributed by atoms with Gasteiger partial charge in [0, 0.05) is 12.1 Å². The summed E-state index contributed by atoms with van der Waals surface area (Å²) in [4.78, 5) is 12.4. The molecule has 1 aromatic carbocycles. The number of amides is 1. The van der Waals surface area contributed by atoms with Crippen molar-refractivity contribution in [2.75, 3.05) is 6.61 Å². The molecule has 150 valence electrons. The lowest BCUT2D eigenvalue weighted by atomic mass is 10.0. The summed E-state index contributed by atoms with van der Waals surface area (Å²) in [6, 6.07) is 5.49. The van der Waals surface area contributed by atoms with Crippen molar-refractivity contribution in [3.8, 4) is 5.75 Å². The Morgan fingerprint density at radius 3 is 2.63 bits per heavy atom. The van der Waals surface area contributed by atoms with Crippen LogP contribution in [0, 0.1) is 6.92 Å². The number of hydrogen-bond donors (Lipinski definition) is 1. The fourth-order valence-electron chi connectivity index (χ4n) is 2.97. The van der Waals surface area contributed by atoms with Crippen molar-refractivity contribution >= 4 is 11.6 Å². The SMILES string of the molecule is CCCC1=NN(C(=O)COc2cc(C)ccc2C(C)C)C(O)(C(F)(F)F)C1. The van der Waals surface area contributed by atoms with Crippen LogP contribution in [0.4, 0.5) is 13.2 Å². The molecular formula is C19H25F3N2O3. The van der Waals surface area contributed by atoms with Gasteiger partial charge in [0.15, 0.2) is 6.61 Å². The molecule has 0 bridgehead atoms. The highest BCUT2D eigenvalue weighted by Crippen LogP contribution is 2.41. The highest BCUT2D eigenvalue weighted by Gasteiger charge is 2.63. The molecule has 0 radical (unpaired) electrons. The standard InChI is InChI=1S/C19H25F3N2O3/c1-5-6-14-10-18(26,19(20,21)22)24(23-14)17(25)11-27-16-9-13(4)7-8-15(16)12(2)3/h7-9,12,26H,5-6,10-11H2,1-4H3. The Kier molecular flexibility index (Phi) is 6.19. The number of hydrogen-bond acceptors (Lipinski definition) is 4. The molecule has 1 aliphatic rings. The third-order valence-corrected chi connectivity index (χ3v) is 4.41. The number of hydrazone groups is 1. The Bertz CT molecular complexity index is 731. The van der Waals surface area contributed by atoms with Gasteiger partial charge in [-0.1, -0.05) is 39.3 Å². The van der Waals surface area contributed by atoms with E-state index < -0.39 is 30.8 Å². The van der Waals surface area contributed by atoms with Gasteiger partial charge in [-0.3, -0.25) is 4.79 Å². The van der Waals surface area contributed by atoms with Crippen molar-refractivity contribution in [3.05, 3.63) is 29.3 Å². The predicted molar refractivity (Wildman–Crippen MR) is 95.6 cm³/mol. The molecule has 0 aromatic heterocycles. The average molecular weight is 386 g/mol. The molecule has 0 fully saturated rings. The molecule has 1 amide bonds. The summed E-state index contributed by atoms with van der Waals surface area (Å²) in [6.07, 6.45) is -4.92. The maximum Gasteiger partial charge on any atom is 0.438 e. The van der Waals surface area contributed by atoms with E-state index in [1.165, 1.54) is 0 Å². The molecule has 2 rings (SSSR count). The first-order valence-electron chi connectivity index (χ1n) is 8.91. The van der Waals surface area contributed by atoms with Gasteiger partial charge in [-0.15, -0.1) is 0 Å². The van der Waals surface area contributed by atoms with E-state index >= 15 is 0 Å². The molecule has 1 atom stereocenters. The van der Waals surface area contributed by atoms with E-state index in [-0.39, 0.29) is 23.1 Å². The van der Waals surface area contributed by atoms with E-state index in [2.05, 4.69) is 5.10 Å². The summed E-state index contributed by atoms with van der Waals surface area (Å²) in [5, 5.41) is 14.0. The monoisotopic (exact) mass is 386 g/mol. The van der Waals surface area contributed by atoms with Gasteiger partial charge in [-0.05, 0) is 36.5 Å². The molecule has 5 nitrogen and oxygen atoms in total. The maximum absolute atomic E-state index is 13.4. The number of carbonyl (C=O) groups excluding carboxylic acids is 1. The van der Waals surface area contributed by atoms with Crippen LogP contribution in [-0.4, -0.2) is 40.2 Å². The van der Waals surface area contributed by atoms with Crippen LogP contribution in [0.25, 0.3) is 0 Å². The third-order valence-electron chi connectivity index (χ3n) is 4.41. The number of benzene rings is 1. The Labute approximate surface area is 156 Å². The Morgan fingerprint density at radius 1 is 1.41 bits per heavy atom. The first-order valence-corrected chi connectivity index (χ1v) is 8.91. The molecule has 1 aliphatic heterocycles. The van der Waals surface area contributed by atoms with Crippen LogP contribution >= 0.6 is 0 Å². The summed E-state index contributed by atoms with van der Waals surface area (Å²) < 4.78 is 45.7. The first kappa shape index (κ1) is 21.2. The minimum absolute atomic E-state index is 0.115. The highest BCUT2D eigenvalue weighted by molar-refractivity contribution is 5.91. The van der Waals surface area contributed by atoms with Gasteiger partial charge in [0.1, 0.15) is 5.75 Å². The Balaban J connectivity index is 2.22. The number of halogens is 3. The smallest absolute Gasteiger partial charge is 0.438 e. The number of aliphatic hydroxyl groups is 1. The van der Waals surface area contributed by atoms with Crippen LogP contribution in [0.3, 0.4) is 0 Å². The minimum atomic E-state index is -5.02. The molecule has 8 heteroatoms. The number of aryl methyl sites for hydroxylation is 1. The van der Waals surface area contributed by atoms with Gasteiger partial charge < -0.3 is 9.84 Å². The lowest BCUT2D eigenvalue weighted by Crippen LogP contribution is -2.57. The third kappa shape index (κ3) is 4.43. The fraction of sp³-hybridized carbons (Fsp3) is 0.579. The van der Waals surface area contributed by atoms with Crippen LogP contribution in [0.5, 0.6) is 5.75 Å². The van der Waals surface area contributed by atoms with E-state index in [9.17, 15) is 23.1 Å². The number of ether oxygens (including phenoxy) is 1. The maximum atomic E-state index is 13.4. The molecule has 0 aliphatic carbocycles. The lowest BCUT2D eigenvalue weighted by Gasteiger charge is -2.32. The summed E-state index contributed by atoms with van der Waals surface area (Å²) in [5.41, 5.74) is -1.44. The van der Waals surface area contributed by atoms with Crippen molar-refractivity contribution < 1.29 is 27.8 Å². The molecule has 27 heavy (non-hydrogen) atoms. The van der Waals surface area contributed by atoms with Gasteiger partial charge in [-0.2, -0.15) is 23.3 Å². The largest absolute Gasteiger partial charge is 0.483 e. The minimum Gasteiger partial charge on any atom is -0.483 e. The molecular weight excluding hydrogens is 361 g/mol. The van der Waals surface area contributed by atoms with Crippen molar-refractivity contribution in [2.45, 2.75) is 64.8 Å². The first-order chi connectivity index (χ1) is 12.5. The molecule has 1 unspecified atom stereocenters. The van der Waals surface area contributed by atoms with Crippen LogP contribution in [0.1, 0.15) is 57.1 Å². The van der Waals surface area contributed by atoms with Gasteiger partial charge in [0.25, 0.3) is 11.6 Å². The molecule has 0 saturated heterocycles. The van der Waals surface area contributed by atoms with Crippen molar-refractivity contribution in [2.24, 2.45) is 5.10 Å². The van der Waals surface area contributed by atoms with Crippen LogP contribution < -0.4 is 4.74 Å². The average Bonchev–Trinajstić information content (AvgIpc) is 2.90. The zero-order valence-electron chi connectivity index (χ0n) is 15.9. The van der Waals surface area contributed by atoms with Gasteiger partial charge in [0.05, 0.1) is 0 Å². The summed E-state index contributed by atoms with van der Waals surface area (Å²) in [5.74, 6) is -0.494. The van der Waals surface area contributed by atoms with Crippen molar-refractivity contribution in [3.63, 3.8) is 0 Å². The zero-order valence-corrected chi connectivity index (χ0v) is 15.9. The molecule has 0 saturated carbocycles. The van der Waals surface area contributed by atoms with Crippen LogP contribution in [0.2, 0.25) is 0 Å². The highest BCUT2D eigenvalue weighted by atomic mass is 19.4. The van der Waals surface area contributed by atoms with Crippen molar-refractivity contribution in [1.29, 1.82) is 0 Å². The summed E-state index contributed by atoms with van der Waals surface area (Å²) in [6.45, 7) is 6.88. The lowest BCUT2D eigenvalue weighted by molar-refractivity contribution is -0.302. The van der Waals surface area contributed by atoms with E-state index in [0.29, 0.717) is 12.2 Å². The second-order valence-corrected chi connectivity index (χ2v) is 7.10. The summed E-state index contributed by atoms with van der Waals surface area (Å²) >= 11 is 0. The Hall–Kier alpha value is -2.09. The molecule has 1 N–H and O–H groups in total. The molecule has 1 heterocycles. The fourth-order valence-corrected chi connectivity index (χ4v) is 2.97. The number of alkyl halides is 3. The second kappa shape index (κ2) is 7.88. The van der Waals surface area contributed by atoms with E-state index in [0.717, 1.165) is 11.1 Å². The number of carbonyl (C=O) groups is 1. The predicted octanol–water partition coefficient (Wildman–Crippen LogP) is 4.14. The molecule has 0 spiro atoms. The Morgan fingerprint density at radius 2 is 2.07 bits per heavy atom. The molecule has 1 aromatic rings. The van der Waals surface area contributed by atoms with Gasteiger partial charge >= 0.3 is 6.18 Å². The quantitative estimate of drug-likeness (QED) is 0.799. The van der Waals surface area contributed by atoms with Gasteiger partial charge in [0.2, 0.25) is 0 Å². The van der Waals surface area contributed by atoms with Crippen LogP contribution in [-0.2, 0) is 4.79 Å². The van der Waals surface area contributed by atoms with Gasteiger partial charge in [-0.25, -0.2) is 0 Å². The van der Waals surface area contributed by atoms with E-state index in [1.807, 2.05) is 32.9 Å². The summed E-state index contributed by atoms with van der Waals surface area (Å²) in [7, 11) is 0. The topological polar surface area (TPSA) is 62.1 Å².